The van der Waals surface area contributed by atoms with E-state index in [1.807, 2.05) is 4.68 Å². The highest BCUT2D eigenvalue weighted by atomic mass is 16.3. The highest BCUT2D eigenvalue weighted by molar-refractivity contribution is 5.80. The number of hydrogen-bond acceptors (Lipinski definition) is 6. The fraction of sp³-hybridized carbons (Fsp3) is 0.636. The van der Waals surface area contributed by atoms with Gasteiger partial charge in [-0.1, -0.05) is 11.6 Å². The molecule has 3 rings (SSSR count). The van der Waals surface area contributed by atoms with E-state index in [1.54, 1.807) is 0 Å². The lowest BCUT2D eigenvalue weighted by Gasteiger charge is -2.27. The summed E-state index contributed by atoms with van der Waals surface area (Å²) in [5.41, 5.74) is 6.99. The molecule has 0 aromatic carbocycles. The summed E-state index contributed by atoms with van der Waals surface area (Å²) in [5.74, 6) is 0.711. The number of nitrogen functional groups attached to an aromatic ring is 1. The third-order valence-corrected chi connectivity index (χ3v) is 3.65. The van der Waals surface area contributed by atoms with Gasteiger partial charge in [0.1, 0.15) is 6.33 Å². The van der Waals surface area contributed by atoms with E-state index in [-0.39, 0.29) is 12.6 Å². The summed E-state index contributed by atoms with van der Waals surface area (Å²) in [6.45, 7) is 0.236. The average Bonchev–Trinajstić information content (AvgIpc) is 2.84. The molecule has 0 saturated heterocycles. The summed E-state index contributed by atoms with van der Waals surface area (Å²) in [6.07, 6.45) is 5.57. The molecule has 7 heteroatoms. The number of rotatable bonds is 2. The van der Waals surface area contributed by atoms with Gasteiger partial charge in [-0.05, 0) is 25.2 Å². The van der Waals surface area contributed by atoms with Gasteiger partial charge >= 0.3 is 0 Å². The second-order valence-corrected chi connectivity index (χ2v) is 4.83. The van der Waals surface area contributed by atoms with Gasteiger partial charge in [-0.25, -0.2) is 14.6 Å². The molecule has 2 heterocycles. The highest BCUT2D eigenvalue weighted by Gasteiger charge is 2.25. The molecular formula is C11H16N6O. The first-order valence-electron chi connectivity index (χ1n) is 6.22. The molecule has 0 aliphatic heterocycles. The zero-order valence-corrected chi connectivity index (χ0v) is 10.0. The van der Waals surface area contributed by atoms with Crippen LogP contribution in [-0.2, 0) is 0 Å². The van der Waals surface area contributed by atoms with Crippen molar-refractivity contribution in [3.05, 3.63) is 6.33 Å². The molecular weight excluding hydrogens is 232 g/mol. The lowest BCUT2D eigenvalue weighted by molar-refractivity contribution is 0.158. The van der Waals surface area contributed by atoms with Crippen LogP contribution >= 0.6 is 0 Å². The molecule has 0 amide bonds. The lowest BCUT2D eigenvalue weighted by Crippen LogP contribution is -2.22. The van der Waals surface area contributed by atoms with Gasteiger partial charge in [0.2, 0.25) is 0 Å². The minimum Gasteiger partial charge on any atom is -0.396 e. The summed E-state index contributed by atoms with van der Waals surface area (Å²) >= 11 is 0. The van der Waals surface area contributed by atoms with Crippen LogP contribution in [0.15, 0.2) is 6.33 Å². The number of aromatic nitrogens is 5. The minimum atomic E-state index is 0.236. The number of nitrogens with zero attached hydrogens (tertiary/aromatic N) is 5. The van der Waals surface area contributed by atoms with Gasteiger partial charge in [0.15, 0.2) is 17.0 Å². The fourth-order valence-electron chi connectivity index (χ4n) is 2.68. The third kappa shape index (κ3) is 1.80. The molecule has 1 saturated carbocycles. The van der Waals surface area contributed by atoms with Crippen molar-refractivity contribution >= 4 is 17.0 Å². The van der Waals surface area contributed by atoms with E-state index < -0.39 is 0 Å². The first kappa shape index (κ1) is 11.3. The van der Waals surface area contributed by atoms with Crippen molar-refractivity contribution < 1.29 is 5.11 Å². The SMILES string of the molecule is Nc1ncnc2c1nnn2C1CCCC(CO)C1. The molecule has 3 N–H and O–H groups in total. The van der Waals surface area contributed by atoms with Gasteiger partial charge in [0.25, 0.3) is 0 Å². The van der Waals surface area contributed by atoms with Crippen molar-refractivity contribution in [1.82, 2.24) is 25.0 Å². The molecule has 96 valence electrons. The zero-order chi connectivity index (χ0) is 12.5. The first-order valence-corrected chi connectivity index (χ1v) is 6.22. The maximum Gasteiger partial charge on any atom is 0.184 e. The quantitative estimate of drug-likeness (QED) is 0.803. The second kappa shape index (κ2) is 4.49. The van der Waals surface area contributed by atoms with Crippen molar-refractivity contribution in [2.45, 2.75) is 31.7 Å². The average molecular weight is 248 g/mol. The van der Waals surface area contributed by atoms with Gasteiger partial charge < -0.3 is 10.8 Å². The normalized spacial score (nSPS) is 24.5. The Morgan fingerprint density at radius 1 is 1.39 bits per heavy atom. The molecule has 2 unspecified atom stereocenters. The van der Waals surface area contributed by atoms with Crippen LogP contribution in [0.5, 0.6) is 0 Å². The number of nitrogens with two attached hydrogens (primary N) is 1. The molecule has 1 fully saturated rings. The number of fused-ring (bicyclic) bond motifs is 1. The first-order chi connectivity index (χ1) is 8.79. The van der Waals surface area contributed by atoms with Gasteiger partial charge in [0.05, 0.1) is 6.04 Å². The van der Waals surface area contributed by atoms with Crippen LogP contribution < -0.4 is 5.73 Å². The van der Waals surface area contributed by atoms with Crippen molar-refractivity contribution in [1.29, 1.82) is 0 Å². The number of aliphatic hydroxyl groups is 1. The summed E-state index contributed by atoms with van der Waals surface area (Å²) in [4.78, 5) is 8.12. The van der Waals surface area contributed by atoms with E-state index in [2.05, 4.69) is 20.3 Å². The van der Waals surface area contributed by atoms with Crippen LogP contribution in [0.4, 0.5) is 5.82 Å². The standard InChI is InChI=1S/C11H16N6O/c12-10-9-11(14-6-13-10)17(16-15-9)8-3-1-2-7(4-8)5-18/h6-8,18H,1-5H2,(H2,12,13,14). The molecule has 0 radical (unpaired) electrons. The smallest absolute Gasteiger partial charge is 0.184 e. The largest absolute Gasteiger partial charge is 0.396 e. The molecule has 0 spiro atoms. The van der Waals surface area contributed by atoms with Crippen molar-refractivity contribution in [2.75, 3.05) is 12.3 Å². The van der Waals surface area contributed by atoms with Gasteiger partial charge in [-0.3, -0.25) is 0 Å². The zero-order valence-electron chi connectivity index (χ0n) is 10.0. The van der Waals surface area contributed by atoms with Gasteiger partial charge in [0, 0.05) is 6.61 Å². The van der Waals surface area contributed by atoms with Crippen LogP contribution in [0.1, 0.15) is 31.7 Å². The number of aliphatic hydroxyl groups excluding tert-OH is 1. The Labute approximate surface area is 104 Å². The third-order valence-electron chi connectivity index (χ3n) is 3.65. The summed E-state index contributed by atoms with van der Waals surface area (Å²) in [5, 5.41) is 17.5. The predicted octanol–water partition coefficient (Wildman–Crippen LogP) is 0.527. The Morgan fingerprint density at radius 2 is 2.28 bits per heavy atom. The Bertz CT molecular complexity index is 553. The summed E-state index contributed by atoms with van der Waals surface area (Å²) in [6, 6.07) is 0.246. The van der Waals surface area contributed by atoms with Crippen molar-refractivity contribution in [3.63, 3.8) is 0 Å². The summed E-state index contributed by atoms with van der Waals surface area (Å²) < 4.78 is 1.83. The molecule has 1 aliphatic carbocycles. The van der Waals surface area contributed by atoms with Crippen LogP contribution in [0, 0.1) is 5.92 Å². The van der Waals surface area contributed by atoms with Gasteiger partial charge in [-0.2, -0.15) is 0 Å². The van der Waals surface area contributed by atoms with E-state index >= 15 is 0 Å². The van der Waals surface area contributed by atoms with E-state index in [1.165, 1.54) is 6.33 Å². The number of hydrogen-bond donors (Lipinski definition) is 2. The molecule has 2 aromatic rings. The monoisotopic (exact) mass is 248 g/mol. The Balaban J connectivity index is 1.96. The van der Waals surface area contributed by atoms with E-state index in [0.29, 0.717) is 22.9 Å². The molecule has 18 heavy (non-hydrogen) atoms. The predicted molar refractivity (Wildman–Crippen MR) is 65.6 cm³/mol. The fourth-order valence-corrected chi connectivity index (χ4v) is 2.68. The van der Waals surface area contributed by atoms with Crippen LogP contribution in [-0.4, -0.2) is 36.7 Å². The van der Waals surface area contributed by atoms with E-state index in [9.17, 15) is 5.11 Å². The topological polar surface area (TPSA) is 103 Å². The van der Waals surface area contributed by atoms with Crippen molar-refractivity contribution in [3.8, 4) is 0 Å². The molecule has 2 atom stereocenters. The van der Waals surface area contributed by atoms with Crippen LogP contribution in [0.25, 0.3) is 11.2 Å². The number of anilines is 1. The maximum atomic E-state index is 9.27. The maximum absolute atomic E-state index is 9.27. The summed E-state index contributed by atoms with van der Waals surface area (Å²) in [7, 11) is 0. The Hall–Kier alpha value is -1.76. The van der Waals surface area contributed by atoms with Gasteiger partial charge in [-0.15, -0.1) is 5.10 Å². The lowest BCUT2D eigenvalue weighted by atomic mass is 9.86. The molecule has 7 nitrogen and oxygen atoms in total. The van der Waals surface area contributed by atoms with Crippen molar-refractivity contribution in [2.24, 2.45) is 5.92 Å². The molecule has 1 aliphatic rings. The van der Waals surface area contributed by atoms with E-state index in [4.69, 9.17) is 5.73 Å². The van der Waals surface area contributed by atoms with E-state index in [0.717, 1.165) is 25.7 Å². The molecule has 2 aromatic heterocycles. The second-order valence-electron chi connectivity index (χ2n) is 4.83. The molecule has 0 bridgehead atoms. The van der Waals surface area contributed by atoms with Crippen LogP contribution in [0.2, 0.25) is 0 Å². The Kier molecular flexibility index (Phi) is 2.83. The van der Waals surface area contributed by atoms with Crippen LogP contribution in [0.3, 0.4) is 0 Å². The minimum absolute atomic E-state index is 0.236. The Morgan fingerprint density at radius 3 is 3.11 bits per heavy atom. The highest BCUT2D eigenvalue weighted by Crippen LogP contribution is 2.33.